The van der Waals surface area contributed by atoms with Crippen LogP contribution in [0.5, 0.6) is 0 Å². The molecule has 2 aliphatic heterocycles. The van der Waals surface area contributed by atoms with Gasteiger partial charge in [0.25, 0.3) is 0 Å². The highest BCUT2D eigenvalue weighted by atomic mass is 35.5. The van der Waals surface area contributed by atoms with Gasteiger partial charge in [-0.3, -0.25) is 0 Å². The molecule has 6 nitrogen and oxygen atoms in total. The highest BCUT2D eigenvalue weighted by Gasteiger charge is 2.64. The molecule has 27 heavy (non-hydrogen) atoms. The number of nitrogens with zero attached hydrogens (tertiary/aromatic N) is 3. The van der Waals surface area contributed by atoms with E-state index in [9.17, 15) is 0 Å². The van der Waals surface area contributed by atoms with Gasteiger partial charge in [0.1, 0.15) is 11.8 Å². The fourth-order valence-corrected chi connectivity index (χ4v) is 5.54. The average molecular weight is 415 g/mol. The van der Waals surface area contributed by atoms with Crippen LogP contribution in [0.15, 0.2) is 0 Å². The molecule has 4 rings (SSSR count). The molecule has 150 valence electrons. The number of fused-ring (bicyclic) bond motifs is 2. The Morgan fingerprint density at radius 2 is 1.96 bits per heavy atom. The number of rotatable bonds is 4. The Balaban J connectivity index is 1.73. The van der Waals surface area contributed by atoms with Crippen molar-refractivity contribution in [2.45, 2.75) is 77.9 Å². The number of nitrogens with one attached hydrogen (secondary N) is 1. The van der Waals surface area contributed by atoms with E-state index in [1.807, 2.05) is 13.8 Å². The standard InChI is InChI=1S/C19H28Cl2N4O2/c1-6-7-8-19(5)10(2)12(13-14(19)27-18(3,4)26-13)25-9-22-11-15(20)23-17(21)24-16(11)25/h10,12-14,22H,6-9H2,1-5H3/t10-,12?,13+,14+,19+/m1/s1. The first kappa shape index (κ1) is 19.5. The van der Waals surface area contributed by atoms with E-state index in [-0.39, 0.29) is 28.9 Å². The van der Waals surface area contributed by atoms with Crippen molar-refractivity contribution in [2.24, 2.45) is 11.3 Å². The molecule has 0 amide bonds. The zero-order valence-electron chi connectivity index (χ0n) is 16.6. The third-order valence-corrected chi connectivity index (χ3v) is 7.06. The molecule has 1 unspecified atom stereocenters. The smallest absolute Gasteiger partial charge is 0.225 e. The van der Waals surface area contributed by atoms with Crippen LogP contribution in [0.3, 0.4) is 0 Å². The van der Waals surface area contributed by atoms with E-state index in [4.69, 9.17) is 32.7 Å². The maximum absolute atomic E-state index is 6.43. The van der Waals surface area contributed by atoms with Crippen LogP contribution in [-0.4, -0.2) is 40.7 Å². The zero-order chi connectivity index (χ0) is 19.6. The molecule has 3 aliphatic rings. The van der Waals surface area contributed by atoms with Crippen LogP contribution in [0, 0.1) is 11.3 Å². The van der Waals surface area contributed by atoms with Crippen molar-refractivity contribution in [3.63, 3.8) is 0 Å². The van der Waals surface area contributed by atoms with Crippen LogP contribution in [0.1, 0.15) is 53.9 Å². The van der Waals surface area contributed by atoms with E-state index < -0.39 is 5.79 Å². The minimum atomic E-state index is -0.585. The van der Waals surface area contributed by atoms with Gasteiger partial charge in [0, 0.05) is 5.41 Å². The van der Waals surface area contributed by atoms with Crippen molar-refractivity contribution in [1.29, 1.82) is 0 Å². The van der Waals surface area contributed by atoms with E-state index in [1.165, 1.54) is 12.8 Å². The van der Waals surface area contributed by atoms with Gasteiger partial charge >= 0.3 is 0 Å². The summed E-state index contributed by atoms with van der Waals surface area (Å²) in [4.78, 5) is 10.8. The highest BCUT2D eigenvalue weighted by molar-refractivity contribution is 6.34. The van der Waals surface area contributed by atoms with Gasteiger partial charge in [-0.15, -0.1) is 0 Å². The van der Waals surface area contributed by atoms with Gasteiger partial charge in [0.2, 0.25) is 5.28 Å². The van der Waals surface area contributed by atoms with E-state index in [1.54, 1.807) is 0 Å². The van der Waals surface area contributed by atoms with Crippen LogP contribution in [0.4, 0.5) is 11.5 Å². The first-order valence-electron chi connectivity index (χ1n) is 9.77. The summed E-state index contributed by atoms with van der Waals surface area (Å²) in [5.41, 5.74) is 0.771. The van der Waals surface area contributed by atoms with Crippen LogP contribution in [0.2, 0.25) is 10.4 Å². The Bertz CT molecular complexity index is 747. The molecule has 1 saturated carbocycles. The van der Waals surface area contributed by atoms with Crippen LogP contribution in [-0.2, 0) is 9.47 Å². The lowest BCUT2D eigenvalue weighted by atomic mass is 9.74. The van der Waals surface area contributed by atoms with Crippen molar-refractivity contribution in [3.05, 3.63) is 10.4 Å². The van der Waals surface area contributed by atoms with E-state index in [0.717, 1.165) is 17.9 Å². The molecule has 0 bridgehead atoms. The van der Waals surface area contributed by atoms with Crippen molar-refractivity contribution in [1.82, 2.24) is 9.97 Å². The van der Waals surface area contributed by atoms with Crippen molar-refractivity contribution < 1.29 is 9.47 Å². The minimum absolute atomic E-state index is 0.0302. The maximum atomic E-state index is 6.43. The molecular weight excluding hydrogens is 387 g/mol. The SMILES string of the molecule is CCCC[C@@]1(C)[C@H](C)C(N2CNc3c(Cl)nc(Cl)nc32)[C@@H]2OC(C)(C)O[C@@H]21. The van der Waals surface area contributed by atoms with Gasteiger partial charge in [-0.25, -0.2) is 4.98 Å². The third-order valence-electron chi connectivity index (χ3n) is 6.61. The minimum Gasteiger partial charge on any atom is -0.362 e. The summed E-state index contributed by atoms with van der Waals surface area (Å²) in [7, 11) is 0. The lowest BCUT2D eigenvalue weighted by Crippen LogP contribution is -2.47. The molecule has 0 aromatic carbocycles. The molecule has 0 radical (unpaired) electrons. The Hall–Kier alpha value is -0.820. The fourth-order valence-electron chi connectivity index (χ4n) is 5.10. The predicted octanol–water partition coefficient (Wildman–Crippen LogP) is 4.71. The summed E-state index contributed by atoms with van der Waals surface area (Å²) < 4.78 is 12.8. The predicted molar refractivity (Wildman–Crippen MR) is 107 cm³/mol. The monoisotopic (exact) mass is 414 g/mol. The number of hydrogen-bond acceptors (Lipinski definition) is 6. The Morgan fingerprint density at radius 1 is 1.22 bits per heavy atom. The van der Waals surface area contributed by atoms with Gasteiger partial charge in [-0.2, -0.15) is 4.98 Å². The van der Waals surface area contributed by atoms with Crippen LogP contribution in [0.25, 0.3) is 0 Å². The fraction of sp³-hybridized carbons (Fsp3) is 0.789. The number of unbranched alkanes of at least 4 members (excludes halogenated alkanes) is 1. The summed E-state index contributed by atoms with van der Waals surface area (Å²) in [6.07, 6.45) is 3.48. The van der Waals surface area contributed by atoms with Gasteiger partial charge < -0.3 is 19.7 Å². The molecule has 1 saturated heterocycles. The average Bonchev–Trinajstić information content (AvgIpc) is 3.19. The van der Waals surface area contributed by atoms with E-state index in [2.05, 4.69) is 41.0 Å². The van der Waals surface area contributed by atoms with Crippen LogP contribution < -0.4 is 10.2 Å². The summed E-state index contributed by atoms with van der Waals surface area (Å²) >= 11 is 12.4. The quantitative estimate of drug-likeness (QED) is 0.568. The highest BCUT2D eigenvalue weighted by Crippen LogP contribution is 2.57. The molecule has 3 heterocycles. The lowest BCUT2D eigenvalue weighted by molar-refractivity contribution is -0.172. The van der Waals surface area contributed by atoms with E-state index in [0.29, 0.717) is 17.7 Å². The molecule has 2 fully saturated rings. The zero-order valence-corrected chi connectivity index (χ0v) is 18.1. The molecule has 0 spiro atoms. The normalized spacial score (nSPS) is 36.6. The van der Waals surface area contributed by atoms with Gasteiger partial charge in [-0.1, -0.05) is 45.2 Å². The first-order valence-corrected chi connectivity index (χ1v) is 10.5. The number of anilines is 2. The van der Waals surface area contributed by atoms with Crippen molar-refractivity contribution in [2.75, 3.05) is 16.9 Å². The van der Waals surface area contributed by atoms with Gasteiger partial charge in [-0.05, 0) is 37.8 Å². The number of hydrogen-bond donors (Lipinski definition) is 1. The maximum Gasteiger partial charge on any atom is 0.225 e. The van der Waals surface area contributed by atoms with Crippen LogP contribution >= 0.6 is 23.2 Å². The number of ether oxygens (including phenoxy) is 2. The second kappa shape index (κ2) is 6.61. The largest absolute Gasteiger partial charge is 0.362 e. The summed E-state index contributed by atoms with van der Waals surface area (Å²) in [6.45, 7) is 11.5. The van der Waals surface area contributed by atoms with Gasteiger partial charge in [0.05, 0.1) is 18.8 Å². The Labute approximate surface area is 170 Å². The Kier molecular flexibility index (Phi) is 4.78. The molecule has 5 atom stereocenters. The van der Waals surface area contributed by atoms with Crippen molar-refractivity contribution in [3.8, 4) is 0 Å². The number of halogens is 2. The molecule has 1 aliphatic carbocycles. The summed E-state index contributed by atoms with van der Waals surface area (Å²) in [5, 5.41) is 3.84. The lowest BCUT2D eigenvalue weighted by Gasteiger charge is -2.39. The van der Waals surface area contributed by atoms with Gasteiger partial charge in [0.15, 0.2) is 16.8 Å². The Morgan fingerprint density at radius 3 is 2.67 bits per heavy atom. The molecular formula is C19H28Cl2N4O2. The second-order valence-corrected chi connectivity index (χ2v) is 9.39. The third kappa shape index (κ3) is 3.00. The number of aromatic nitrogens is 2. The first-order chi connectivity index (χ1) is 12.7. The molecule has 1 aromatic heterocycles. The summed E-state index contributed by atoms with van der Waals surface area (Å²) in [6, 6.07) is 0.120. The molecule has 1 N–H and O–H groups in total. The van der Waals surface area contributed by atoms with E-state index >= 15 is 0 Å². The summed E-state index contributed by atoms with van der Waals surface area (Å²) in [5.74, 6) is 0.525. The molecule has 1 aromatic rings. The van der Waals surface area contributed by atoms with Crippen molar-refractivity contribution >= 4 is 34.7 Å². The molecule has 8 heteroatoms. The second-order valence-electron chi connectivity index (χ2n) is 8.70. The topological polar surface area (TPSA) is 59.5 Å².